The van der Waals surface area contributed by atoms with Crippen LogP contribution in [0, 0.1) is 0 Å². The third-order valence-electron chi connectivity index (χ3n) is 1.28. The van der Waals surface area contributed by atoms with Crippen LogP contribution in [0.2, 0.25) is 0 Å². The highest BCUT2D eigenvalue weighted by Gasteiger charge is 2.04. The maximum atomic E-state index is 10.2. The number of carboxylic acids is 1. The summed E-state index contributed by atoms with van der Waals surface area (Å²) in [5.41, 5.74) is 0. The molecule has 7 heteroatoms. The van der Waals surface area contributed by atoms with Crippen LogP contribution in [0.25, 0.3) is 0 Å². The third kappa shape index (κ3) is 3.93. The summed E-state index contributed by atoms with van der Waals surface area (Å²) in [6.07, 6.45) is 0.154. The fourth-order valence-corrected chi connectivity index (χ4v) is 2.53. The van der Waals surface area contributed by atoms with E-state index in [2.05, 4.69) is 15.5 Å². The third-order valence-corrected chi connectivity index (χ3v) is 3.29. The average Bonchev–Trinajstić information content (AvgIpc) is 2.53. The van der Waals surface area contributed by atoms with E-state index < -0.39 is 5.97 Å². The smallest absolute Gasteiger partial charge is 0.304 e. The van der Waals surface area contributed by atoms with Gasteiger partial charge in [-0.25, -0.2) is 0 Å². The first-order valence-corrected chi connectivity index (χ1v) is 5.94. The van der Waals surface area contributed by atoms with Crippen molar-refractivity contribution in [2.75, 3.05) is 17.6 Å². The second kappa shape index (κ2) is 5.82. The Labute approximate surface area is 89.9 Å². The molecule has 1 rings (SSSR count). The first-order chi connectivity index (χ1) is 6.72. The number of aromatic nitrogens is 2. The molecule has 0 bridgehead atoms. The van der Waals surface area contributed by atoms with E-state index in [0.717, 1.165) is 16.0 Å². The number of hydrogen-bond donors (Lipinski definition) is 2. The lowest BCUT2D eigenvalue weighted by atomic mass is 10.5. The number of hydrogen-bond acceptors (Lipinski definition) is 6. The van der Waals surface area contributed by atoms with Gasteiger partial charge in [-0.2, -0.15) is 0 Å². The molecule has 0 saturated heterocycles. The van der Waals surface area contributed by atoms with Gasteiger partial charge in [0.1, 0.15) is 0 Å². The molecule has 0 fully saturated rings. The molecule has 5 nitrogen and oxygen atoms in total. The molecule has 0 radical (unpaired) electrons. The summed E-state index contributed by atoms with van der Waals surface area (Å²) in [7, 11) is 0. The summed E-state index contributed by atoms with van der Waals surface area (Å²) in [5, 5.41) is 20.0. The molecule has 2 N–H and O–H groups in total. The van der Waals surface area contributed by atoms with E-state index in [-0.39, 0.29) is 6.42 Å². The Morgan fingerprint density at radius 2 is 2.43 bits per heavy atom. The van der Waals surface area contributed by atoms with E-state index in [1.54, 1.807) is 0 Å². The Bertz CT molecular complexity index is 303. The monoisotopic (exact) mass is 233 g/mol. The van der Waals surface area contributed by atoms with Crippen LogP contribution in [0.3, 0.4) is 0 Å². The van der Waals surface area contributed by atoms with E-state index in [1.165, 1.54) is 23.1 Å². The molecule has 0 atom stereocenters. The maximum Gasteiger partial charge on any atom is 0.304 e. The Morgan fingerprint density at radius 1 is 1.64 bits per heavy atom. The molecule has 1 heterocycles. The molecule has 0 spiro atoms. The van der Waals surface area contributed by atoms with Gasteiger partial charge in [-0.3, -0.25) is 4.79 Å². The first-order valence-electron chi connectivity index (χ1n) is 4.14. The lowest BCUT2D eigenvalue weighted by Gasteiger charge is -1.92. The molecule has 0 aliphatic heterocycles. The predicted molar refractivity (Wildman–Crippen MR) is 57.0 cm³/mol. The van der Waals surface area contributed by atoms with Gasteiger partial charge in [-0.15, -0.1) is 10.2 Å². The van der Waals surface area contributed by atoms with Crippen LogP contribution in [0.15, 0.2) is 4.34 Å². The number of nitrogens with zero attached hydrogens (tertiary/aromatic N) is 2. The van der Waals surface area contributed by atoms with E-state index >= 15 is 0 Å². The number of rotatable bonds is 6. The van der Waals surface area contributed by atoms with E-state index in [9.17, 15) is 4.79 Å². The van der Waals surface area contributed by atoms with Crippen LogP contribution in [-0.2, 0) is 4.79 Å². The van der Waals surface area contributed by atoms with Gasteiger partial charge in [0.2, 0.25) is 5.13 Å². The van der Waals surface area contributed by atoms with Gasteiger partial charge in [0.05, 0.1) is 6.42 Å². The predicted octanol–water partition coefficient (Wildman–Crippen LogP) is 1.54. The molecular weight excluding hydrogens is 222 g/mol. The lowest BCUT2D eigenvalue weighted by molar-refractivity contribution is -0.136. The maximum absolute atomic E-state index is 10.2. The van der Waals surface area contributed by atoms with Crippen LogP contribution in [0.5, 0.6) is 0 Å². The molecule has 0 saturated carbocycles. The molecule has 0 aliphatic carbocycles. The summed E-state index contributed by atoms with van der Waals surface area (Å²) in [5.74, 6) is -0.246. The second-order valence-electron chi connectivity index (χ2n) is 2.40. The second-order valence-corrected chi connectivity index (χ2v) is 4.72. The van der Waals surface area contributed by atoms with Crippen molar-refractivity contribution in [2.45, 2.75) is 17.7 Å². The normalized spacial score (nSPS) is 10.1. The van der Waals surface area contributed by atoms with Crippen molar-refractivity contribution in [1.82, 2.24) is 10.2 Å². The van der Waals surface area contributed by atoms with Crippen molar-refractivity contribution < 1.29 is 9.90 Å². The number of nitrogens with one attached hydrogen (secondary N) is 1. The van der Waals surface area contributed by atoms with Gasteiger partial charge in [-0.05, 0) is 6.92 Å². The summed E-state index contributed by atoms with van der Waals surface area (Å²) in [6, 6.07) is 0. The highest BCUT2D eigenvalue weighted by molar-refractivity contribution is 8.01. The molecule has 0 aliphatic rings. The van der Waals surface area contributed by atoms with Gasteiger partial charge in [-0.1, -0.05) is 23.1 Å². The zero-order valence-electron chi connectivity index (χ0n) is 7.69. The minimum absolute atomic E-state index is 0.154. The molecule has 0 unspecified atom stereocenters. The fraction of sp³-hybridized carbons (Fsp3) is 0.571. The Kier molecular flexibility index (Phi) is 4.68. The molecule has 78 valence electrons. The van der Waals surface area contributed by atoms with Crippen LogP contribution in [-0.4, -0.2) is 33.6 Å². The van der Waals surface area contributed by atoms with E-state index in [0.29, 0.717) is 5.75 Å². The zero-order chi connectivity index (χ0) is 10.4. The average molecular weight is 233 g/mol. The van der Waals surface area contributed by atoms with Crippen LogP contribution in [0.4, 0.5) is 5.13 Å². The van der Waals surface area contributed by atoms with Crippen LogP contribution >= 0.6 is 23.1 Å². The zero-order valence-corrected chi connectivity index (χ0v) is 9.32. The van der Waals surface area contributed by atoms with Crippen molar-refractivity contribution in [3.05, 3.63) is 0 Å². The quantitative estimate of drug-likeness (QED) is 0.726. The van der Waals surface area contributed by atoms with Crippen molar-refractivity contribution in [1.29, 1.82) is 0 Å². The topological polar surface area (TPSA) is 75.1 Å². The minimum Gasteiger partial charge on any atom is -0.481 e. The Morgan fingerprint density at radius 3 is 3.07 bits per heavy atom. The van der Waals surface area contributed by atoms with E-state index in [1.807, 2.05) is 6.92 Å². The van der Waals surface area contributed by atoms with Crippen molar-refractivity contribution >= 4 is 34.2 Å². The van der Waals surface area contributed by atoms with Crippen molar-refractivity contribution in [3.63, 3.8) is 0 Å². The summed E-state index contributed by atoms with van der Waals surface area (Å²) < 4.78 is 0.808. The van der Waals surface area contributed by atoms with Crippen LogP contribution < -0.4 is 5.32 Å². The number of carboxylic acid groups (broad SMARTS) is 1. The van der Waals surface area contributed by atoms with E-state index in [4.69, 9.17) is 5.11 Å². The lowest BCUT2D eigenvalue weighted by Crippen LogP contribution is -1.95. The SMILES string of the molecule is CCNc1nnc(SCCC(=O)O)s1. The number of carbonyl (C=O) groups is 1. The van der Waals surface area contributed by atoms with Crippen molar-refractivity contribution in [2.24, 2.45) is 0 Å². The first kappa shape index (κ1) is 11.3. The van der Waals surface area contributed by atoms with Gasteiger partial charge in [0.15, 0.2) is 4.34 Å². The fourth-order valence-electron chi connectivity index (χ4n) is 0.716. The van der Waals surface area contributed by atoms with Crippen molar-refractivity contribution in [3.8, 4) is 0 Å². The molecule has 1 aromatic heterocycles. The number of thioether (sulfide) groups is 1. The summed E-state index contributed by atoms with van der Waals surface area (Å²) >= 11 is 2.87. The van der Waals surface area contributed by atoms with Gasteiger partial charge < -0.3 is 10.4 Å². The Balaban J connectivity index is 2.32. The Hall–Kier alpha value is -0.820. The highest BCUT2D eigenvalue weighted by Crippen LogP contribution is 2.25. The number of anilines is 1. The summed E-state index contributed by atoms with van der Waals surface area (Å²) in [4.78, 5) is 10.2. The highest BCUT2D eigenvalue weighted by atomic mass is 32.2. The molecular formula is C7H11N3O2S2. The molecule has 14 heavy (non-hydrogen) atoms. The molecule has 0 amide bonds. The van der Waals surface area contributed by atoms with Gasteiger partial charge in [0, 0.05) is 12.3 Å². The molecule has 0 aromatic carbocycles. The minimum atomic E-state index is -0.783. The number of aliphatic carboxylic acids is 1. The van der Waals surface area contributed by atoms with Gasteiger partial charge in [0.25, 0.3) is 0 Å². The largest absolute Gasteiger partial charge is 0.481 e. The standard InChI is InChI=1S/C7H11N3O2S2/c1-2-8-6-9-10-7(14-6)13-4-3-5(11)12/h2-4H2,1H3,(H,8,9)(H,11,12). The molecule has 1 aromatic rings. The van der Waals surface area contributed by atoms with Gasteiger partial charge >= 0.3 is 5.97 Å². The summed E-state index contributed by atoms with van der Waals surface area (Å²) in [6.45, 7) is 2.80. The van der Waals surface area contributed by atoms with Crippen LogP contribution in [0.1, 0.15) is 13.3 Å².